The number of halogens is 9. The van der Waals surface area contributed by atoms with Gasteiger partial charge in [-0.2, -0.15) is 13.2 Å². The number of hydrogen-bond donors (Lipinski definition) is 3. The number of carbonyl (C=O) groups excluding carboxylic acids is 2. The van der Waals surface area contributed by atoms with Crippen molar-refractivity contribution in [2.24, 2.45) is 5.92 Å². The van der Waals surface area contributed by atoms with Crippen LogP contribution in [-0.4, -0.2) is 16.1 Å². The third-order valence-corrected chi connectivity index (χ3v) is 7.56. The molecule has 4 N–H and O–H groups in total. The fraction of sp³-hybridized carbons (Fsp3) is 0.200. The van der Waals surface area contributed by atoms with E-state index in [1.807, 2.05) is 0 Å². The van der Waals surface area contributed by atoms with E-state index in [9.17, 15) is 35.9 Å². The van der Waals surface area contributed by atoms with E-state index in [1.54, 1.807) is 0 Å². The van der Waals surface area contributed by atoms with Crippen LogP contribution in [0.1, 0.15) is 33.0 Å². The molecule has 4 rings (SSSR count). The summed E-state index contributed by atoms with van der Waals surface area (Å²) in [4.78, 5) is 25.8. The van der Waals surface area contributed by atoms with Gasteiger partial charge in [-0.15, -0.1) is 23.2 Å². The van der Waals surface area contributed by atoms with Gasteiger partial charge in [0.1, 0.15) is 21.7 Å². The van der Waals surface area contributed by atoms with Gasteiger partial charge < -0.3 is 16.4 Å². The smallest absolute Gasteiger partial charge is 0.396 e. The highest BCUT2D eigenvalue weighted by molar-refractivity contribution is 6.53. The molecule has 5 nitrogen and oxygen atoms in total. The van der Waals surface area contributed by atoms with Gasteiger partial charge in [-0.25, -0.2) is 13.2 Å². The molecule has 0 aromatic heterocycles. The minimum atomic E-state index is -4.98. The number of nitrogens with two attached hydrogens (primary N) is 1. The Bertz CT molecular complexity index is 1510. The van der Waals surface area contributed by atoms with E-state index in [0.717, 1.165) is 24.3 Å². The summed E-state index contributed by atoms with van der Waals surface area (Å²) < 4.78 is 79.7. The Kier molecular flexibility index (Phi) is 7.48. The van der Waals surface area contributed by atoms with E-state index < -0.39 is 68.5 Å². The molecule has 206 valence electrons. The molecular formula is C25H16Cl3F6N3O2. The van der Waals surface area contributed by atoms with Gasteiger partial charge in [0.05, 0.1) is 27.8 Å². The zero-order valence-electron chi connectivity index (χ0n) is 19.5. The molecule has 1 saturated carbocycles. The normalized spacial score (nSPS) is 18.0. The van der Waals surface area contributed by atoms with Crippen LogP contribution >= 0.6 is 34.8 Å². The highest BCUT2D eigenvalue weighted by Gasteiger charge is 2.67. The molecule has 1 aliphatic carbocycles. The van der Waals surface area contributed by atoms with Crippen LogP contribution in [0.5, 0.6) is 0 Å². The lowest BCUT2D eigenvalue weighted by atomic mass is 10.0. The molecule has 1 aliphatic rings. The van der Waals surface area contributed by atoms with Crippen molar-refractivity contribution in [3.05, 3.63) is 87.2 Å². The molecule has 0 bridgehead atoms. The fourth-order valence-corrected chi connectivity index (χ4v) is 5.14. The monoisotopic (exact) mass is 609 g/mol. The lowest BCUT2D eigenvalue weighted by Crippen LogP contribution is -2.19. The van der Waals surface area contributed by atoms with Gasteiger partial charge in [0.2, 0.25) is 5.91 Å². The summed E-state index contributed by atoms with van der Waals surface area (Å²) in [5.41, 5.74) is 2.59. The van der Waals surface area contributed by atoms with Gasteiger partial charge in [0, 0.05) is 11.6 Å². The molecule has 0 spiro atoms. The van der Waals surface area contributed by atoms with Crippen molar-refractivity contribution in [1.29, 1.82) is 0 Å². The lowest BCUT2D eigenvalue weighted by molar-refractivity contribution is -0.140. The second kappa shape index (κ2) is 10.1. The zero-order valence-corrected chi connectivity index (χ0v) is 21.8. The quantitative estimate of drug-likeness (QED) is 0.159. The Morgan fingerprint density at radius 2 is 1.62 bits per heavy atom. The van der Waals surface area contributed by atoms with Crippen molar-refractivity contribution < 1.29 is 35.9 Å². The second-order valence-corrected chi connectivity index (χ2v) is 10.6. The average molecular weight is 611 g/mol. The number of anilines is 3. The van der Waals surface area contributed by atoms with Crippen LogP contribution in [0.25, 0.3) is 0 Å². The summed E-state index contributed by atoms with van der Waals surface area (Å²) in [6.45, 7) is 1.49. The molecule has 1 unspecified atom stereocenters. The largest absolute Gasteiger partial charge is 0.419 e. The lowest BCUT2D eigenvalue weighted by Gasteiger charge is -2.14. The molecule has 3 aromatic rings. The molecule has 0 saturated heterocycles. The first-order chi connectivity index (χ1) is 18.0. The van der Waals surface area contributed by atoms with E-state index >= 15 is 0 Å². The van der Waals surface area contributed by atoms with Gasteiger partial charge in [-0.05, 0) is 54.4 Å². The predicted molar refractivity (Wildman–Crippen MR) is 136 cm³/mol. The van der Waals surface area contributed by atoms with Crippen LogP contribution in [0.2, 0.25) is 5.02 Å². The van der Waals surface area contributed by atoms with Crippen LogP contribution in [0.3, 0.4) is 0 Å². The highest BCUT2D eigenvalue weighted by atomic mass is 35.5. The van der Waals surface area contributed by atoms with E-state index in [-0.39, 0.29) is 27.4 Å². The van der Waals surface area contributed by atoms with Gasteiger partial charge in [-0.1, -0.05) is 17.7 Å². The molecule has 2 amide bonds. The maximum absolute atomic E-state index is 14.2. The third-order valence-electron chi connectivity index (χ3n) is 6.12. The third kappa shape index (κ3) is 5.48. The summed E-state index contributed by atoms with van der Waals surface area (Å²) in [7, 11) is 0. The first-order valence-electron chi connectivity index (χ1n) is 10.9. The topological polar surface area (TPSA) is 84.2 Å². The van der Waals surface area contributed by atoms with Crippen molar-refractivity contribution in [3.63, 3.8) is 0 Å². The van der Waals surface area contributed by atoms with E-state index in [2.05, 4.69) is 10.6 Å². The Morgan fingerprint density at radius 3 is 2.26 bits per heavy atom. The maximum atomic E-state index is 14.2. The minimum absolute atomic E-state index is 0.00504. The molecular weight excluding hydrogens is 595 g/mol. The number of hydrogen-bond acceptors (Lipinski definition) is 3. The predicted octanol–water partition coefficient (Wildman–Crippen LogP) is 7.45. The van der Waals surface area contributed by atoms with Crippen molar-refractivity contribution >= 4 is 63.7 Å². The number of aryl methyl sites for hydroxylation is 1. The SMILES string of the molecule is Cc1cc(NC(=O)C2[C@H](c3ccc(F)c(C(F)(F)F)c3)C2(Cl)Cl)cc(C(=O)Nc2c(F)ccc(N)c2F)c1Cl. The van der Waals surface area contributed by atoms with Crippen LogP contribution in [0, 0.1) is 30.3 Å². The molecule has 14 heteroatoms. The van der Waals surface area contributed by atoms with Gasteiger partial charge in [-0.3, -0.25) is 9.59 Å². The molecule has 3 aromatic carbocycles. The first kappa shape index (κ1) is 28.8. The summed E-state index contributed by atoms with van der Waals surface area (Å²) in [5, 5.41) is 4.43. The Labute approximate surface area is 232 Å². The van der Waals surface area contributed by atoms with E-state index in [1.165, 1.54) is 13.0 Å². The molecule has 0 heterocycles. The Morgan fingerprint density at radius 1 is 0.974 bits per heavy atom. The number of nitrogen functional groups attached to an aromatic ring is 1. The number of nitrogens with one attached hydrogen (secondary N) is 2. The van der Waals surface area contributed by atoms with Gasteiger partial charge >= 0.3 is 6.18 Å². The van der Waals surface area contributed by atoms with Crippen molar-refractivity contribution in [2.45, 2.75) is 23.4 Å². The summed E-state index contributed by atoms with van der Waals surface area (Å²) in [6.07, 6.45) is -4.98. The van der Waals surface area contributed by atoms with E-state index in [0.29, 0.717) is 12.1 Å². The zero-order chi connectivity index (χ0) is 29.0. The molecule has 39 heavy (non-hydrogen) atoms. The molecule has 1 fully saturated rings. The standard InChI is InChI=1S/C25H16Cl3F6N3O2/c1-9-6-11(8-12(19(9)26)22(38)37-21-15(30)4-5-16(35)20(21)31)36-23(39)18-17(24(18,27)28)10-2-3-14(29)13(7-10)25(32,33)34/h2-8,17-18H,35H2,1H3,(H,36,39)(H,37,38)/t17-,18?/m0/s1. The van der Waals surface area contributed by atoms with Crippen molar-refractivity contribution in [2.75, 3.05) is 16.4 Å². The van der Waals surface area contributed by atoms with Crippen molar-refractivity contribution in [1.82, 2.24) is 0 Å². The van der Waals surface area contributed by atoms with Crippen LogP contribution < -0.4 is 16.4 Å². The minimum Gasteiger partial charge on any atom is -0.396 e. The van der Waals surface area contributed by atoms with Gasteiger partial charge in [0.15, 0.2) is 5.82 Å². The Hall–Kier alpha value is -3.15. The number of amides is 2. The molecule has 2 atom stereocenters. The van der Waals surface area contributed by atoms with Crippen molar-refractivity contribution in [3.8, 4) is 0 Å². The maximum Gasteiger partial charge on any atom is 0.419 e. The summed E-state index contributed by atoms with van der Waals surface area (Å²) in [6, 6.07) is 6.51. The average Bonchev–Trinajstić information content (AvgIpc) is 3.42. The summed E-state index contributed by atoms with van der Waals surface area (Å²) in [5.74, 6) is -7.98. The van der Waals surface area contributed by atoms with Crippen LogP contribution in [0.4, 0.5) is 43.4 Å². The first-order valence-corrected chi connectivity index (χ1v) is 12.1. The fourth-order valence-electron chi connectivity index (χ4n) is 4.11. The summed E-state index contributed by atoms with van der Waals surface area (Å²) >= 11 is 18.6. The number of benzene rings is 3. The Balaban J connectivity index is 1.58. The van der Waals surface area contributed by atoms with Crippen LogP contribution in [0.15, 0.2) is 42.5 Å². The molecule has 0 radical (unpaired) electrons. The second-order valence-electron chi connectivity index (χ2n) is 8.79. The van der Waals surface area contributed by atoms with Crippen LogP contribution in [-0.2, 0) is 11.0 Å². The number of alkyl halides is 5. The van der Waals surface area contributed by atoms with Gasteiger partial charge in [0.25, 0.3) is 5.91 Å². The molecule has 0 aliphatic heterocycles. The number of rotatable bonds is 5. The highest BCUT2D eigenvalue weighted by Crippen LogP contribution is 2.65. The number of carbonyl (C=O) groups is 2. The van der Waals surface area contributed by atoms with E-state index in [4.69, 9.17) is 40.5 Å².